The van der Waals surface area contributed by atoms with Crippen LogP contribution in [0.3, 0.4) is 0 Å². The van der Waals surface area contributed by atoms with Crippen molar-refractivity contribution in [1.82, 2.24) is 4.90 Å². The molecule has 0 aromatic heterocycles. The average Bonchev–Trinajstić information content (AvgIpc) is 2.15. The molecule has 90 valence electrons. The monoisotopic (exact) mass is 220 g/mol. The van der Waals surface area contributed by atoms with E-state index in [9.17, 15) is 0 Å². The first kappa shape index (κ1) is 13.3. The summed E-state index contributed by atoms with van der Waals surface area (Å²) in [6.45, 7) is 10.3. The Balaban J connectivity index is 2.26. The molecule has 1 aliphatic rings. The van der Waals surface area contributed by atoms with Crippen molar-refractivity contribution >= 4 is 0 Å². The second-order valence-corrected chi connectivity index (χ2v) is 5.07. The number of likely N-dealkylation sites (tertiary alicyclic amines) is 1. The lowest BCUT2D eigenvalue weighted by molar-refractivity contribution is 0.0689. The highest BCUT2D eigenvalue weighted by Crippen LogP contribution is 2.24. The Bertz CT molecular complexity index is 258. The Morgan fingerprint density at radius 1 is 1.50 bits per heavy atom. The van der Waals surface area contributed by atoms with Crippen LogP contribution in [0.1, 0.15) is 46.0 Å². The van der Waals surface area contributed by atoms with Crippen molar-refractivity contribution in [2.75, 3.05) is 13.1 Å². The second kappa shape index (κ2) is 6.70. The highest BCUT2D eigenvalue weighted by atomic mass is 15.2. The molecule has 1 rings (SSSR count). The summed E-state index contributed by atoms with van der Waals surface area (Å²) in [5.74, 6) is 0.292. The van der Waals surface area contributed by atoms with Crippen LogP contribution in [0, 0.1) is 17.2 Å². The van der Waals surface area contributed by atoms with Crippen LogP contribution >= 0.6 is 0 Å². The van der Waals surface area contributed by atoms with Gasteiger partial charge < -0.3 is 0 Å². The molecule has 0 aromatic rings. The van der Waals surface area contributed by atoms with Gasteiger partial charge in [-0.2, -0.15) is 5.26 Å². The van der Waals surface area contributed by atoms with Gasteiger partial charge in [0.25, 0.3) is 0 Å². The molecule has 1 heterocycles. The zero-order valence-corrected chi connectivity index (χ0v) is 10.7. The van der Waals surface area contributed by atoms with Gasteiger partial charge in [-0.25, -0.2) is 0 Å². The quantitative estimate of drug-likeness (QED) is 0.615. The van der Waals surface area contributed by atoms with E-state index in [0.717, 1.165) is 19.5 Å². The zero-order chi connectivity index (χ0) is 12.0. The molecule has 16 heavy (non-hydrogen) atoms. The average molecular weight is 220 g/mol. The third kappa shape index (κ3) is 3.98. The SMILES string of the molecule is C=C(C)CCCC(CCC)N1CC(C#N)C1. The van der Waals surface area contributed by atoms with Gasteiger partial charge in [-0.05, 0) is 32.6 Å². The van der Waals surface area contributed by atoms with Crippen LogP contribution < -0.4 is 0 Å². The summed E-state index contributed by atoms with van der Waals surface area (Å²) in [7, 11) is 0. The minimum absolute atomic E-state index is 0.292. The van der Waals surface area contributed by atoms with Crippen LogP contribution in [0.15, 0.2) is 12.2 Å². The Hall–Kier alpha value is -0.810. The van der Waals surface area contributed by atoms with Crippen LogP contribution in [0.25, 0.3) is 0 Å². The molecule has 2 heteroatoms. The molecule has 0 amide bonds. The largest absolute Gasteiger partial charge is 0.298 e. The number of hydrogen-bond acceptors (Lipinski definition) is 2. The van der Waals surface area contributed by atoms with Crippen LogP contribution in [0.5, 0.6) is 0 Å². The molecule has 1 fully saturated rings. The molecule has 0 aliphatic carbocycles. The van der Waals surface area contributed by atoms with E-state index in [2.05, 4.69) is 31.4 Å². The third-order valence-corrected chi connectivity index (χ3v) is 3.37. The van der Waals surface area contributed by atoms with Gasteiger partial charge in [-0.1, -0.05) is 18.9 Å². The minimum Gasteiger partial charge on any atom is -0.298 e. The van der Waals surface area contributed by atoms with E-state index < -0.39 is 0 Å². The second-order valence-electron chi connectivity index (χ2n) is 5.07. The maximum absolute atomic E-state index is 8.78. The summed E-state index contributed by atoms with van der Waals surface area (Å²) in [6.07, 6.45) is 6.17. The molecule has 0 aromatic carbocycles. The summed E-state index contributed by atoms with van der Waals surface area (Å²) >= 11 is 0. The Labute approximate surface area is 99.9 Å². The van der Waals surface area contributed by atoms with Crippen LogP contribution in [0.2, 0.25) is 0 Å². The number of rotatable bonds is 7. The van der Waals surface area contributed by atoms with Gasteiger partial charge >= 0.3 is 0 Å². The fraction of sp³-hybridized carbons (Fsp3) is 0.786. The number of nitriles is 1. The third-order valence-electron chi connectivity index (χ3n) is 3.37. The van der Waals surface area contributed by atoms with Crippen molar-refractivity contribution in [3.63, 3.8) is 0 Å². The molecular formula is C14H24N2. The molecule has 1 aliphatic heterocycles. The van der Waals surface area contributed by atoms with Gasteiger partial charge in [0, 0.05) is 19.1 Å². The summed E-state index contributed by atoms with van der Waals surface area (Å²) in [5, 5.41) is 8.78. The molecular weight excluding hydrogens is 196 g/mol. The van der Waals surface area contributed by atoms with Gasteiger partial charge in [0.05, 0.1) is 12.0 Å². The number of hydrogen-bond donors (Lipinski definition) is 0. The minimum atomic E-state index is 0.292. The van der Waals surface area contributed by atoms with Gasteiger partial charge in [-0.3, -0.25) is 4.90 Å². The lowest BCUT2D eigenvalue weighted by Gasteiger charge is -2.41. The van der Waals surface area contributed by atoms with E-state index in [0.29, 0.717) is 12.0 Å². The van der Waals surface area contributed by atoms with Crippen LogP contribution in [-0.2, 0) is 0 Å². The molecule has 1 saturated heterocycles. The maximum atomic E-state index is 8.78. The van der Waals surface area contributed by atoms with Crippen molar-refractivity contribution < 1.29 is 0 Å². The predicted octanol–water partition coefficient (Wildman–Crippen LogP) is 3.36. The predicted molar refractivity (Wildman–Crippen MR) is 68.0 cm³/mol. The molecule has 0 radical (unpaired) electrons. The summed E-state index contributed by atoms with van der Waals surface area (Å²) in [5.41, 5.74) is 1.29. The number of allylic oxidation sites excluding steroid dienone is 1. The molecule has 1 atom stereocenters. The fourth-order valence-corrected chi connectivity index (χ4v) is 2.37. The lowest BCUT2D eigenvalue weighted by atomic mass is 9.94. The molecule has 2 nitrogen and oxygen atoms in total. The van der Waals surface area contributed by atoms with E-state index in [4.69, 9.17) is 5.26 Å². The molecule has 0 spiro atoms. The van der Waals surface area contributed by atoms with E-state index in [-0.39, 0.29) is 0 Å². The van der Waals surface area contributed by atoms with Crippen molar-refractivity contribution in [3.05, 3.63) is 12.2 Å². The van der Waals surface area contributed by atoms with E-state index in [1.165, 1.54) is 31.3 Å². The van der Waals surface area contributed by atoms with Crippen molar-refractivity contribution in [3.8, 4) is 6.07 Å². The van der Waals surface area contributed by atoms with Crippen molar-refractivity contribution in [2.24, 2.45) is 5.92 Å². The lowest BCUT2D eigenvalue weighted by Crippen LogP contribution is -2.51. The Kier molecular flexibility index (Phi) is 5.55. The van der Waals surface area contributed by atoms with E-state index >= 15 is 0 Å². The standard InChI is InChI=1S/C14H24N2/c1-4-6-14(8-5-7-12(2)3)16-10-13(9-15)11-16/h13-14H,2,4-8,10-11H2,1,3H3. The topological polar surface area (TPSA) is 27.0 Å². The first-order valence-corrected chi connectivity index (χ1v) is 6.45. The molecule has 0 saturated carbocycles. The van der Waals surface area contributed by atoms with Crippen molar-refractivity contribution in [2.45, 2.75) is 52.0 Å². The smallest absolute Gasteiger partial charge is 0.0717 e. The maximum Gasteiger partial charge on any atom is 0.0717 e. The van der Waals surface area contributed by atoms with Gasteiger partial charge in [0.1, 0.15) is 0 Å². The highest BCUT2D eigenvalue weighted by molar-refractivity contribution is 4.97. The summed E-state index contributed by atoms with van der Waals surface area (Å²) < 4.78 is 0. The first-order chi connectivity index (χ1) is 7.67. The van der Waals surface area contributed by atoms with Gasteiger partial charge in [-0.15, -0.1) is 6.58 Å². The van der Waals surface area contributed by atoms with Gasteiger partial charge in [0.2, 0.25) is 0 Å². The number of nitrogens with zero attached hydrogens (tertiary/aromatic N) is 2. The van der Waals surface area contributed by atoms with E-state index in [1.807, 2.05) is 0 Å². The normalized spacial score (nSPS) is 18.8. The fourth-order valence-electron chi connectivity index (χ4n) is 2.37. The Morgan fingerprint density at radius 2 is 2.19 bits per heavy atom. The van der Waals surface area contributed by atoms with Crippen LogP contribution in [-0.4, -0.2) is 24.0 Å². The summed E-state index contributed by atoms with van der Waals surface area (Å²) in [6, 6.07) is 3.05. The van der Waals surface area contributed by atoms with Crippen LogP contribution in [0.4, 0.5) is 0 Å². The Morgan fingerprint density at radius 3 is 2.69 bits per heavy atom. The first-order valence-electron chi connectivity index (χ1n) is 6.45. The zero-order valence-electron chi connectivity index (χ0n) is 10.7. The highest BCUT2D eigenvalue weighted by Gasteiger charge is 2.31. The molecule has 1 unspecified atom stereocenters. The summed E-state index contributed by atoms with van der Waals surface area (Å²) in [4.78, 5) is 2.48. The van der Waals surface area contributed by atoms with E-state index in [1.54, 1.807) is 0 Å². The van der Waals surface area contributed by atoms with Crippen molar-refractivity contribution in [1.29, 1.82) is 5.26 Å². The van der Waals surface area contributed by atoms with Gasteiger partial charge in [0.15, 0.2) is 0 Å². The molecule has 0 bridgehead atoms. The molecule has 0 N–H and O–H groups in total.